The number of aliphatic carboxylic acids is 3. The summed E-state index contributed by atoms with van der Waals surface area (Å²) in [6.45, 7) is 6.42. The summed E-state index contributed by atoms with van der Waals surface area (Å²) < 4.78 is 16.9. The molecule has 2 fully saturated rings. The lowest BCUT2D eigenvalue weighted by atomic mass is 9.96. The van der Waals surface area contributed by atoms with Gasteiger partial charge in [0, 0.05) is 51.1 Å². The number of para-hydroxylation sites is 1. The molecule has 2 aliphatic rings. The molecule has 4 N–H and O–H groups in total. The number of carbonyl (C=O) groups is 3. The van der Waals surface area contributed by atoms with Gasteiger partial charge in [-0.3, -0.25) is 14.5 Å². The summed E-state index contributed by atoms with van der Waals surface area (Å²) in [5.41, 5.74) is -0.539. The number of carboxylic acids is 3. The van der Waals surface area contributed by atoms with Gasteiger partial charge in [0.15, 0.2) is 5.60 Å². The number of ether oxygens (including phenoxy) is 3. The van der Waals surface area contributed by atoms with E-state index < -0.39 is 36.4 Å². The molecule has 2 aromatic rings. The molecule has 0 amide bonds. The van der Waals surface area contributed by atoms with Crippen LogP contribution in [0.1, 0.15) is 36.9 Å². The highest BCUT2D eigenvalue weighted by atomic mass is 16.5. The van der Waals surface area contributed by atoms with Crippen molar-refractivity contribution < 1.29 is 49.0 Å². The van der Waals surface area contributed by atoms with Gasteiger partial charge in [0.05, 0.1) is 45.0 Å². The van der Waals surface area contributed by atoms with Crippen molar-refractivity contribution in [1.82, 2.24) is 14.9 Å². The predicted molar refractivity (Wildman–Crippen MR) is 148 cm³/mol. The number of aliphatic hydroxyl groups is 1. The Morgan fingerprint density at radius 3 is 2.33 bits per heavy atom. The first kappa shape index (κ1) is 32.7. The van der Waals surface area contributed by atoms with Crippen LogP contribution in [0.5, 0.6) is 5.75 Å². The van der Waals surface area contributed by atoms with Gasteiger partial charge in [0.2, 0.25) is 5.95 Å². The first-order valence-corrected chi connectivity index (χ1v) is 13.6. The van der Waals surface area contributed by atoms with Gasteiger partial charge in [0.25, 0.3) is 0 Å². The predicted octanol–water partition coefficient (Wildman–Crippen LogP) is 1.25. The Bertz CT molecular complexity index is 1170. The molecule has 0 saturated carbocycles. The monoisotopic (exact) mass is 590 g/mol. The van der Waals surface area contributed by atoms with Crippen LogP contribution >= 0.6 is 0 Å². The molecule has 14 heteroatoms. The molecule has 2 saturated heterocycles. The SMILES string of the molecule is COc1ccccc1CN(Cc1ccnc(N2CCOCC2)n1)CC1CCCO1.O=C(O)CC(O)(CC(=O)O)C(=O)O. The number of methoxy groups -OCH3 is 1. The minimum absolute atomic E-state index is 0.283. The van der Waals surface area contributed by atoms with E-state index in [4.69, 9.17) is 39.6 Å². The average molecular weight is 591 g/mol. The zero-order valence-corrected chi connectivity index (χ0v) is 23.6. The number of aromatic nitrogens is 2. The Morgan fingerprint density at radius 2 is 1.74 bits per heavy atom. The summed E-state index contributed by atoms with van der Waals surface area (Å²) in [4.78, 5) is 44.4. The Morgan fingerprint density at radius 1 is 1.05 bits per heavy atom. The zero-order chi connectivity index (χ0) is 30.5. The second kappa shape index (κ2) is 16.0. The van der Waals surface area contributed by atoms with Crippen LogP contribution in [-0.2, 0) is 36.9 Å². The molecule has 0 radical (unpaired) electrons. The van der Waals surface area contributed by atoms with Crippen LogP contribution in [0.2, 0.25) is 0 Å². The molecule has 1 aromatic heterocycles. The molecule has 0 spiro atoms. The van der Waals surface area contributed by atoms with Crippen molar-refractivity contribution in [2.24, 2.45) is 0 Å². The third-order valence-electron chi connectivity index (χ3n) is 6.74. The fourth-order valence-electron chi connectivity index (χ4n) is 4.67. The van der Waals surface area contributed by atoms with Gasteiger partial charge in [-0.15, -0.1) is 0 Å². The highest BCUT2D eigenvalue weighted by Gasteiger charge is 2.40. The Balaban J connectivity index is 0.000000316. The van der Waals surface area contributed by atoms with E-state index in [0.717, 1.165) is 82.8 Å². The molecule has 1 atom stereocenters. The lowest BCUT2D eigenvalue weighted by Gasteiger charge is -2.28. The van der Waals surface area contributed by atoms with Gasteiger partial charge in [-0.25, -0.2) is 14.8 Å². The van der Waals surface area contributed by atoms with Crippen LogP contribution < -0.4 is 9.64 Å². The zero-order valence-electron chi connectivity index (χ0n) is 23.6. The summed E-state index contributed by atoms with van der Waals surface area (Å²) in [5.74, 6) is -3.31. The molecule has 0 aliphatic carbocycles. The fourth-order valence-corrected chi connectivity index (χ4v) is 4.67. The maximum atomic E-state index is 10.3. The smallest absolute Gasteiger partial charge is 0.336 e. The highest BCUT2D eigenvalue weighted by Crippen LogP contribution is 2.23. The van der Waals surface area contributed by atoms with E-state index in [-0.39, 0.29) is 6.10 Å². The highest BCUT2D eigenvalue weighted by molar-refractivity contribution is 5.88. The first-order valence-electron chi connectivity index (χ1n) is 13.6. The van der Waals surface area contributed by atoms with Crippen LogP contribution in [0.15, 0.2) is 36.5 Å². The fraction of sp³-hybridized carbons (Fsp3) is 0.536. The van der Waals surface area contributed by atoms with Gasteiger partial charge >= 0.3 is 17.9 Å². The van der Waals surface area contributed by atoms with Crippen molar-refractivity contribution in [1.29, 1.82) is 0 Å². The van der Waals surface area contributed by atoms with E-state index in [1.54, 1.807) is 7.11 Å². The van der Waals surface area contributed by atoms with E-state index >= 15 is 0 Å². The number of hydrogen-bond donors (Lipinski definition) is 4. The third-order valence-corrected chi connectivity index (χ3v) is 6.74. The normalized spacial score (nSPS) is 16.9. The van der Waals surface area contributed by atoms with Crippen LogP contribution in [-0.4, -0.2) is 111 Å². The van der Waals surface area contributed by atoms with Crippen molar-refractivity contribution in [2.75, 3.05) is 51.5 Å². The van der Waals surface area contributed by atoms with Crippen molar-refractivity contribution in [3.05, 3.63) is 47.8 Å². The molecular formula is C28H38N4O10. The van der Waals surface area contributed by atoms with Crippen LogP contribution in [0.3, 0.4) is 0 Å². The van der Waals surface area contributed by atoms with Crippen molar-refractivity contribution >= 4 is 23.9 Å². The summed E-state index contributed by atoms with van der Waals surface area (Å²) in [5, 5.41) is 33.8. The van der Waals surface area contributed by atoms with Crippen molar-refractivity contribution in [3.8, 4) is 5.75 Å². The molecule has 1 unspecified atom stereocenters. The van der Waals surface area contributed by atoms with Gasteiger partial charge in [-0.1, -0.05) is 18.2 Å². The molecule has 2 aliphatic heterocycles. The first-order chi connectivity index (χ1) is 20.1. The summed E-state index contributed by atoms with van der Waals surface area (Å²) in [6.07, 6.45) is 2.11. The quantitative estimate of drug-likeness (QED) is 0.260. The van der Waals surface area contributed by atoms with Gasteiger partial charge in [-0.2, -0.15) is 0 Å². The average Bonchev–Trinajstić information content (AvgIpc) is 3.46. The van der Waals surface area contributed by atoms with Crippen LogP contribution in [0, 0.1) is 0 Å². The van der Waals surface area contributed by atoms with E-state index in [2.05, 4.69) is 26.9 Å². The number of benzene rings is 1. The Labute approximate surface area is 243 Å². The topological polar surface area (TPSA) is 192 Å². The molecule has 230 valence electrons. The number of carboxylic acid groups (broad SMARTS) is 3. The molecule has 14 nitrogen and oxygen atoms in total. The second-order valence-corrected chi connectivity index (χ2v) is 10.0. The van der Waals surface area contributed by atoms with Crippen molar-refractivity contribution in [2.45, 2.75) is 50.5 Å². The Hall–Kier alpha value is -3.85. The lowest BCUT2D eigenvalue weighted by Crippen LogP contribution is -2.42. The van der Waals surface area contributed by atoms with Crippen LogP contribution in [0.4, 0.5) is 5.95 Å². The molecule has 42 heavy (non-hydrogen) atoms. The largest absolute Gasteiger partial charge is 0.496 e. The maximum Gasteiger partial charge on any atom is 0.336 e. The summed E-state index contributed by atoms with van der Waals surface area (Å²) >= 11 is 0. The molecule has 3 heterocycles. The number of hydrogen-bond acceptors (Lipinski definition) is 11. The molecular weight excluding hydrogens is 552 g/mol. The summed E-state index contributed by atoms with van der Waals surface area (Å²) in [6, 6.07) is 10.2. The van der Waals surface area contributed by atoms with Gasteiger partial charge in [0.1, 0.15) is 5.75 Å². The van der Waals surface area contributed by atoms with Crippen molar-refractivity contribution in [3.63, 3.8) is 0 Å². The standard InChI is InChI=1S/C22H30N4O3.C6H8O7/c1-27-21-7-3-2-5-18(21)15-25(17-20-6-4-12-29-20)16-19-8-9-23-22(24-19)26-10-13-28-14-11-26;7-3(8)1-6(13,5(11)12)2-4(9)10/h2-3,5,7-9,20H,4,6,10-17H2,1H3;13H,1-2H2,(H,7,8)(H,9,10)(H,11,12). The third kappa shape index (κ3) is 10.2. The minimum atomic E-state index is -2.74. The maximum absolute atomic E-state index is 10.3. The number of morpholine rings is 1. The summed E-state index contributed by atoms with van der Waals surface area (Å²) in [7, 11) is 1.72. The Kier molecular flexibility index (Phi) is 12.4. The van der Waals surface area contributed by atoms with Gasteiger partial charge < -0.3 is 39.5 Å². The number of nitrogens with zero attached hydrogens (tertiary/aromatic N) is 4. The second-order valence-electron chi connectivity index (χ2n) is 10.0. The van der Waals surface area contributed by atoms with E-state index in [9.17, 15) is 14.4 Å². The molecule has 4 rings (SSSR count). The minimum Gasteiger partial charge on any atom is -0.496 e. The number of anilines is 1. The lowest BCUT2D eigenvalue weighted by molar-refractivity contribution is -0.170. The molecule has 1 aromatic carbocycles. The van der Waals surface area contributed by atoms with E-state index in [0.29, 0.717) is 0 Å². The van der Waals surface area contributed by atoms with E-state index in [1.165, 1.54) is 5.56 Å². The molecule has 0 bridgehead atoms. The van der Waals surface area contributed by atoms with Crippen LogP contribution in [0.25, 0.3) is 0 Å². The number of rotatable bonds is 13. The van der Waals surface area contributed by atoms with E-state index in [1.807, 2.05) is 24.4 Å². The van der Waals surface area contributed by atoms with Gasteiger partial charge in [-0.05, 0) is 25.0 Å².